The van der Waals surface area contributed by atoms with Crippen molar-refractivity contribution in [3.05, 3.63) is 35.9 Å². The van der Waals surface area contributed by atoms with Crippen LogP contribution in [0.25, 0.3) is 0 Å². The van der Waals surface area contributed by atoms with Crippen molar-refractivity contribution in [2.45, 2.75) is 64.3 Å². The van der Waals surface area contributed by atoms with Crippen molar-refractivity contribution in [2.75, 3.05) is 7.11 Å². The van der Waals surface area contributed by atoms with E-state index in [1.165, 1.54) is 5.56 Å². The van der Waals surface area contributed by atoms with Gasteiger partial charge in [0, 0.05) is 5.75 Å². The highest BCUT2D eigenvalue weighted by atomic mass is 32.2. The van der Waals surface area contributed by atoms with Crippen molar-refractivity contribution in [3.8, 4) is 0 Å². The van der Waals surface area contributed by atoms with Crippen molar-refractivity contribution in [3.63, 3.8) is 0 Å². The summed E-state index contributed by atoms with van der Waals surface area (Å²) < 4.78 is 15.6. The third-order valence-corrected chi connectivity index (χ3v) is 5.39. The Hall–Kier alpha value is -1.90. The first kappa shape index (κ1) is 25.1. The van der Waals surface area contributed by atoms with Crippen LogP contribution in [0.4, 0.5) is 0 Å². The number of thioether (sulfide) groups is 1. The smallest absolute Gasteiger partial charge is 0.352 e. The van der Waals surface area contributed by atoms with Crippen molar-refractivity contribution in [1.82, 2.24) is 0 Å². The molecule has 1 aromatic rings. The highest BCUT2D eigenvalue weighted by Gasteiger charge is 2.66. The SMILES string of the molecule is CC(=N)SCc1ccccc1.CC[C@H](C)[C@H]1OC(C)(C)O[C@]1(C(=O)O)C(=O)OC. The van der Waals surface area contributed by atoms with E-state index in [2.05, 4.69) is 16.9 Å². The van der Waals surface area contributed by atoms with E-state index in [0.29, 0.717) is 11.5 Å². The Morgan fingerprint density at radius 3 is 2.34 bits per heavy atom. The molecule has 1 aliphatic rings. The van der Waals surface area contributed by atoms with Gasteiger partial charge in [-0.05, 0) is 32.3 Å². The predicted octanol–water partition coefficient (Wildman–Crippen LogP) is 4.10. The molecule has 0 spiro atoms. The highest BCUT2D eigenvalue weighted by molar-refractivity contribution is 8.13. The van der Waals surface area contributed by atoms with Crippen LogP contribution in [0, 0.1) is 11.3 Å². The first-order valence-electron chi connectivity index (χ1n) is 9.41. The number of carboxylic acids is 1. The third-order valence-electron chi connectivity index (χ3n) is 4.48. The van der Waals surface area contributed by atoms with E-state index in [-0.39, 0.29) is 5.92 Å². The number of esters is 1. The molecular weight excluding hydrogens is 394 g/mol. The number of methoxy groups -OCH3 is 1. The summed E-state index contributed by atoms with van der Waals surface area (Å²) in [6.45, 7) is 8.68. The fraction of sp³-hybridized carbons (Fsp3) is 0.571. The van der Waals surface area contributed by atoms with Crippen LogP contribution in [0.15, 0.2) is 30.3 Å². The second kappa shape index (κ2) is 10.8. The van der Waals surface area contributed by atoms with E-state index in [4.69, 9.17) is 14.9 Å². The number of hydrogen-bond acceptors (Lipinski definition) is 7. The maximum absolute atomic E-state index is 11.9. The van der Waals surface area contributed by atoms with Gasteiger partial charge in [0.25, 0.3) is 5.60 Å². The van der Waals surface area contributed by atoms with E-state index >= 15 is 0 Å². The van der Waals surface area contributed by atoms with Crippen LogP contribution >= 0.6 is 11.8 Å². The lowest BCUT2D eigenvalue weighted by Gasteiger charge is -2.28. The average Bonchev–Trinajstić information content (AvgIpc) is 2.99. The maximum Gasteiger partial charge on any atom is 0.352 e. The van der Waals surface area contributed by atoms with Gasteiger partial charge in [0.1, 0.15) is 6.10 Å². The Balaban J connectivity index is 0.000000326. The number of ether oxygens (including phenoxy) is 3. The molecule has 0 unspecified atom stereocenters. The first-order chi connectivity index (χ1) is 13.5. The number of carbonyl (C=O) groups excluding carboxylic acids is 1. The normalized spacial score (nSPS) is 23.4. The summed E-state index contributed by atoms with van der Waals surface area (Å²) >= 11 is 1.57. The molecule has 0 bridgehead atoms. The van der Waals surface area contributed by atoms with Crippen LogP contribution in [0.5, 0.6) is 0 Å². The van der Waals surface area contributed by atoms with Crippen LogP contribution in [0.1, 0.15) is 46.6 Å². The molecule has 2 rings (SSSR count). The first-order valence-corrected chi connectivity index (χ1v) is 10.4. The van der Waals surface area contributed by atoms with Gasteiger partial charge in [-0.25, -0.2) is 9.59 Å². The zero-order valence-electron chi connectivity index (χ0n) is 17.9. The van der Waals surface area contributed by atoms with Crippen LogP contribution in [-0.2, 0) is 29.6 Å². The maximum atomic E-state index is 11.9. The monoisotopic (exact) mass is 425 g/mol. The van der Waals surface area contributed by atoms with Gasteiger partial charge in [0.15, 0.2) is 5.79 Å². The van der Waals surface area contributed by atoms with Crippen LogP contribution < -0.4 is 0 Å². The van der Waals surface area contributed by atoms with E-state index in [0.717, 1.165) is 12.9 Å². The van der Waals surface area contributed by atoms with Gasteiger partial charge in [-0.15, -0.1) is 11.8 Å². The van der Waals surface area contributed by atoms with Gasteiger partial charge in [0.05, 0.1) is 12.2 Å². The summed E-state index contributed by atoms with van der Waals surface area (Å²) in [5.74, 6) is -2.70. The third kappa shape index (κ3) is 6.55. The lowest BCUT2D eigenvalue weighted by Crippen LogP contribution is -2.57. The number of carbonyl (C=O) groups is 2. The fourth-order valence-corrected chi connectivity index (χ4v) is 3.49. The molecule has 1 aromatic carbocycles. The Kier molecular flexibility index (Phi) is 9.32. The predicted molar refractivity (Wildman–Crippen MR) is 113 cm³/mol. The number of benzene rings is 1. The molecule has 1 aliphatic heterocycles. The summed E-state index contributed by atoms with van der Waals surface area (Å²) in [5.41, 5.74) is -0.808. The number of hydrogen-bond donors (Lipinski definition) is 2. The molecule has 1 heterocycles. The highest BCUT2D eigenvalue weighted by Crippen LogP contribution is 2.41. The summed E-state index contributed by atoms with van der Waals surface area (Å²) in [5, 5.41) is 17.3. The Morgan fingerprint density at radius 1 is 1.31 bits per heavy atom. The fourth-order valence-electron chi connectivity index (χ4n) is 2.92. The molecule has 1 saturated heterocycles. The second-order valence-corrected chi connectivity index (χ2v) is 8.48. The Morgan fingerprint density at radius 2 is 1.90 bits per heavy atom. The molecule has 2 N–H and O–H groups in total. The Labute approximate surface area is 176 Å². The molecule has 3 atom stereocenters. The quantitative estimate of drug-likeness (QED) is 0.306. The molecule has 0 aliphatic carbocycles. The van der Waals surface area contributed by atoms with Crippen molar-refractivity contribution < 1.29 is 28.9 Å². The molecule has 0 saturated carbocycles. The lowest BCUT2D eigenvalue weighted by atomic mass is 9.86. The summed E-state index contributed by atoms with van der Waals surface area (Å²) in [4.78, 5) is 23.4. The number of carboxylic acid groups (broad SMARTS) is 1. The van der Waals surface area contributed by atoms with Crippen LogP contribution in [0.3, 0.4) is 0 Å². The van der Waals surface area contributed by atoms with E-state index in [1.807, 2.05) is 39.0 Å². The molecule has 0 radical (unpaired) electrons. The van der Waals surface area contributed by atoms with Crippen LogP contribution in [0.2, 0.25) is 0 Å². The molecule has 0 aromatic heterocycles. The standard InChI is InChI=1S/C12H20O6.C9H11NS/c1-6-7(2)8-12(9(13)14,10(15)16-5)18-11(3,4)17-8;1-8(10)11-7-9-5-3-2-4-6-9/h7-8H,6H2,1-5H3,(H,13,14);2-6,10H,7H2,1H3/t7-,8+,12+;/m0./s1. The zero-order chi connectivity index (χ0) is 22.2. The van der Waals surface area contributed by atoms with Gasteiger partial charge < -0.3 is 19.3 Å². The molecule has 162 valence electrons. The molecule has 8 heteroatoms. The molecule has 29 heavy (non-hydrogen) atoms. The average molecular weight is 426 g/mol. The van der Waals surface area contributed by atoms with Crippen LogP contribution in [-0.4, -0.2) is 46.7 Å². The van der Waals surface area contributed by atoms with E-state index < -0.39 is 29.4 Å². The minimum atomic E-state index is -2.09. The molecule has 7 nitrogen and oxygen atoms in total. The van der Waals surface area contributed by atoms with Gasteiger partial charge in [-0.1, -0.05) is 50.6 Å². The van der Waals surface area contributed by atoms with Gasteiger partial charge >= 0.3 is 11.9 Å². The van der Waals surface area contributed by atoms with E-state index in [1.54, 1.807) is 25.6 Å². The van der Waals surface area contributed by atoms with Gasteiger partial charge in [0.2, 0.25) is 0 Å². The summed E-state index contributed by atoms with van der Waals surface area (Å²) in [7, 11) is 1.13. The van der Waals surface area contributed by atoms with Crippen molar-refractivity contribution >= 4 is 28.7 Å². The topological polar surface area (TPSA) is 106 Å². The molecule has 1 fully saturated rings. The minimum absolute atomic E-state index is 0.151. The Bertz CT molecular complexity index is 708. The minimum Gasteiger partial charge on any atom is -0.479 e. The number of rotatable bonds is 6. The van der Waals surface area contributed by atoms with Gasteiger partial charge in [-0.3, -0.25) is 5.41 Å². The lowest BCUT2D eigenvalue weighted by molar-refractivity contribution is -0.199. The van der Waals surface area contributed by atoms with E-state index in [9.17, 15) is 14.7 Å². The zero-order valence-corrected chi connectivity index (χ0v) is 18.7. The largest absolute Gasteiger partial charge is 0.479 e. The number of aliphatic carboxylic acids is 1. The summed E-state index contributed by atoms with van der Waals surface area (Å²) in [6.07, 6.45) is -0.210. The van der Waals surface area contributed by atoms with Crippen molar-refractivity contribution in [2.24, 2.45) is 5.92 Å². The van der Waals surface area contributed by atoms with Gasteiger partial charge in [-0.2, -0.15) is 0 Å². The molecule has 0 amide bonds. The molecular formula is C21H31NO6S. The number of nitrogens with one attached hydrogen (secondary N) is 1. The summed E-state index contributed by atoms with van der Waals surface area (Å²) in [6, 6.07) is 10.2. The second-order valence-electron chi connectivity index (χ2n) is 7.29. The van der Waals surface area contributed by atoms with Crippen molar-refractivity contribution in [1.29, 1.82) is 5.41 Å².